The summed E-state index contributed by atoms with van der Waals surface area (Å²) in [6.07, 6.45) is 1.46. The number of ketones is 1. The van der Waals surface area contributed by atoms with Crippen LogP contribution in [-0.2, 0) is 0 Å². The van der Waals surface area contributed by atoms with Gasteiger partial charge in [-0.15, -0.1) is 0 Å². The zero-order chi connectivity index (χ0) is 11.4. The first-order chi connectivity index (χ1) is 7.75. The van der Waals surface area contributed by atoms with Gasteiger partial charge in [0.05, 0.1) is 6.26 Å². The van der Waals surface area contributed by atoms with Crippen molar-refractivity contribution in [3.8, 4) is 11.8 Å². The van der Waals surface area contributed by atoms with Crippen LogP contribution in [0.2, 0.25) is 0 Å². The van der Waals surface area contributed by atoms with Gasteiger partial charge in [-0.05, 0) is 37.1 Å². The molecule has 2 aromatic rings. The quantitative estimate of drug-likeness (QED) is 0.535. The lowest BCUT2D eigenvalue weighted by atomic mass is 10.1. The predicted molar refractivity (Wildman–Crippen MR) is 61.1 cm³/mol. The number of hydrogen-bond donors (Lipinski definition) is 0. The molecule has 16 heavy (non-hydrogen) atoms. The van der Waals surface area contributed by atoms with Crippen molar-refractivity contribution in [2.75, 3.05) is 0 Å². The summed E-state index contributed by atoms with van der Waals surface area (Å²) < 4.78 is 4.95. The van der Waals surface area contributed by atoms with Gasteiger partial charge < -0.3 is 4.42 Å². The van der Waals surface area contributed by atoms with Crippen LogP contribution < -0.4 is 0 Å². The molecule has 2 nitrogen and oxygen atoms in total. The van der Waals surface area contributed by atoms with E-state index < -0.39 is 0 Å². The first-order valence-electron chi connectivity index (χ1n) is 4.92. The Morgan fingerprint density at radius 2 is 1.94 bits per heavy atom. The molecule has 0 unspecified atom stereocenters. The van der Waals surface area contributed by atoms with Crippen molar-refractivity contribution in [3.63, 3.8) is 0 Å². The number of carbonyl (C=O) groups is 1. The summed E-state index contributed by atoms with van der Waals surface area (Å²) in [6.45, 7) is 2.01. The first-order valence-corrected chi connectivity index (χ1v) is 4.92. The molecule has 1 heterocycles. The maximum atomic E-state index is 11.5. The third-order valence-corrected chi connectivity index (χ3v) is 2.12. The minimum atomic E-state index is -0.300. The van der Waals surface area contributed by atoms with Crippen molar-refractivity contribution in [1.82, 2.24) is 0 Å². The number of furan rings is 1. The average Bonchev–Trinajstić information content (AvgIpc) is 2.81. The van der Waals surface area contributed by atoms with Gasteiger partial charge in [0.1, 0.15) is 0 Å². The van der Waals surface area contributed by atoms with Gasteiger partial charge >= 0.3 is 0 Å². The second-order valence-electron chi connectivity index (χ2n) is 3.42. The summed E-state index contributed by atoms with van der Waals surface area (Å²) in [5, 5.41) is 0. The summed E-state index contributed by atoms with van der Waals surface area (Å²) in [5.41, 5.74) is 1.99. The number of rotatable bonds is 1. The zero-order valence-corrected chi connectivity index (χ0v) is 8.86. The lowest BCUT2D eigenvalue weighted by Gasteiger charge is -1.91. The Hall–Kier alpha value is -2.27. The monoisotopic (exact) mass is 210 g/mol. The third kappa shape index (κ3) is 2.40. The molecule has 0 N–H and O–H groups in total. The molecule has 0 spiro atoms. The van der Waals surface area contributed by atoms with Crippen molar-refractivity contribution >= 4 is 5.78 Å². The summed E-state index contributed by atoms with van der Waals surface area (Å²) >= 11 is 0. The minimum absolute atomic E-state index is 0.277. The van der Waals surface area contributed by atoms with Crippen LogP contribution in [0.4, 0.5) is 0 Å². The molecular weight excluding hydrogens is 200 g/mol. The molecule has 0 fully saturated rings. The molecule has 0 aliphatic rings. The Bertz CT molecular complexity index is 537. The van der Waals surface area contributed by atoms with Crippen molar-refractivity contribution in [2.45, 2.75) is 6.92 Å². The van der Waals surface area contributed by atoms with Crippen LogP contribution in [0.1, 0.15) is 21.7 Å². The van der Waals surface area contributed by atoms with E-state index in [1.54, 1.807) is 12.1 Å². The van der Waals surface area contributed by atoms with Crippen LogP contribution >= 0.6 is 0 Å². The Morgan fingerprint density at radius 3 is 2.56 bits per heavy atom. The van der Waals surface area contributed by atoms with Crippen molar-refractivity contribution in [3.05, 3.63) is 59.5 Å². The molecule has 0 aliphatic heterocycles. The average molecular weight is 210 g/mol. The molecule has 0 saturated carbocycles. The molecule has 0 amide bonds. The second-order valence-corrected chi connectivity index (χ2v) is 3.42. The molecule has 1 aromatic carbocycles. The Kier molecular flexibility index (Phi) is 2.88. The highest BCUT2D eigenvalue weighted by molar-refractivity contribution is 6.07. The molecule has 0 bridgehead atoms. The smallest absolute Gasteiger partial charge is 0.271 e. The highest BCUT2D eigenvalue weighted by Gasteiger charge is 2.03. The van der Waals surface area contributed by atoms with Gasteiger partial charge in [0.15, 0.2) is 5.76 Å². The Balaban J connectivity index is 2.16. The fraction of sp³-hybridized carbons (Fsp3) is 0.0714. The van der Waals surface area contributed by atoms with Gasteiger partial charge in [-0.25, -0.2) is 0 Å². The number of carbonyl (C=O) groups excluding carboxylic acids is 1. The zero-order valence-electron chi connectivity index (χ0n) is 8.86. The largest absolute Gasteiger partial charge is 0.460 e. The van der Waals surface area contributed by atoms with Crippen molar-refractivity contribution < 1.29 is 9.21 Å². The summed E-state index contributed by atoms with van der Waals surface area (Å²) in [6, 6.07) is 11.0. The number of aryl methyl sites for hydroxylation is 1. The number of Topliss-reactive ketones (excluding diaryl/α,β-unsaturated/α-hetero) is 1. The SMILES string of the molecule is Cc1ccc(C#CC(=O)c2ccco2)cc1. The molecule has 0 saturated heterocycles. The van der Waals surface area contributed by atoms with E-state index in [2.05, 4.69) is 11.8 Å². The standard InChI is InChI=1S/C14H10O2/c1-11-4-6-12(7-5-11)8-9-13(15)14-3-2-10-16-14/h2-7,10H,1H3. The maximum absolute atomic E-state index is 11.5. The van der Waals surface area contributed by atoms with Gasteiger partial charge in [-0.2, -0.15) is 0 Å². The van der Waals surface area contributed by atoms with Crippen LogP contribution in [0.25, 0.3) is 0 Å². The van der Waals surface area contributed by atoms with Gasteiger partial charge in [0.2, 0.25) is 0 Å². The molecule has 78 valence electrons. The number of benzene rings is 1. The van der Waals surface area contributed by atoms with E-state index in [1.807, 2.05) is 31.2 Å². The molecule has 0 atom stereocenters. The van der Waals surface area contributed by atoms with Crippen molar-refractivity contribution in [2.24, 2.45) is 0 Å². The Morgan fingerprint density at radius 1 is 1.19 bits per heavy atom. The van der Waals surface area contributed by atoms with Gasteiger partial charge in [0.25, 0.3) is 5.78 Å². The lowest BCUT2D eigenvalue weighted by molar-refractivity contribution is 0.103. The fourth-order valence-electron chi connectivity index (χ4n) is 1.24. The van der Waals surface area contributed by atoms with E-state index in [1.165, 1.54) is 11.8 Å². The summed E-state index contributed by atoms with van der Waals surface area (Å²) in [7, 11) is 0. The fourth-order valence-corrected chi connectivity index (χ4v) is 1.24. The highest BCUT2D eigenvalue weighted by Crippen LogP contribution is 2.03. The summed E-state index contributed by atoms with van der Waals surface area (Å²) in [5.74, 6) is 5.32. The molecule has 2 rings (SSSR count). The minimum Gasteiger partial charge on any atom is -0.460 e. The van der Waals surface area contributed by atoms with Crippen LogP contribution in [0.5, 0.6) is 0 Å². The van der Waals surface area contributed by atoms with Crippen LogP contribution in [0.3, 0.4) is 0 Å². The highest BCUT2D eigenvalue weighted by atomic mass is 16.3. The lowest BCUT2D eigenvalue weighted by Crippen LogP contribution is -1.91. The second kappa shape index (κ2) is 4.50. The third-order valence-electron chi connectivity index (χ3n) is 2.12. The normalized spacial score (nSPS) is 9.31. The van der Waals surface area contributed by atoms with E-state index in [0.717, 1.165) is 5.56 Å². The van der Waals surface area contributed by atoms with Crippen molar-refractivity contribution in [1.29, 1.82) is 0 Å². The molecule has 2 heteroatoms. The Labute approximate surface area is 93.9 Å². The van der Waals surface area contributed by atoms with E-state index in [-0.39, 0.29) is 11.5 Å². The van der Waals surface area contributed by atoms with Gasteiger partial charge in [-0.3, -0.25) is 4.79 Å². The summed E-state index contributed by atoms with van der Waals surface area (Å²) in [4.78, 5) is 11.5. The van der Waals surface area contributed by atoms with Gasteiger partial charge in [-0.1, -0.05) is 23.6 Å². The predicted octanol–water partition coefficient (Wildman–Crippen LogP) is 2.82. The first kappa shape index (κ1) is 10.3. The molecule has 0 radical (unpaired) electrons. The van der Waals surface area contributed by atoms with E-state index in [0.29, 0.717) is 0 Å². The molecule has 0 aliphatic carbocycles. The molecule has 1 aromatic heterocycles. The van der Waals surface area contributed by atoms with Crippen LogP contribution in [-0.4, -0.2) is 5.78 Å². The van der Waals surface area contributed by atoms with Crippen LogP contribution in [0, 0.1) is 18.8 Å². The van der Waals surface area contributed by atoms with E-state index >= 15 is 0 Å². The maximum Gasteiger partial charge on any atom is 0.271 e. The van der Waals surface area contributed by atoms with E-state index in [4.69, 9.17) is 4.42 Å². The van der Waals surface area contributed by atoms with Gasteiger partial charge in [0, 0.05) is 5.56 Å². The number of hydrogen-bond acceptors (Lipinski definition) is 2. The van der Waals surface area contributed by atoms with E-state index in [9.17, 15) is 4.79 Å². The topological polar surface area (TPSA) is 30.2 Å². The molecular formula is C14H10O2. The van der Waals surface area contributed by atoms with Crippen LogP contribution in [0.15, 0.2) is 47.1 Å².